The number of ether oxygens (including phenoxy) is 4. The molecule has 0 aliphatic carbocycles. The molecule has 28 heavy (non-hydrogen) atoms. The fourth-order valence-electron chi connectivity index (χ4n) is 2.70. The van der Waals surface area contributed by atoms with E-state index in [0.29, 0.717) is 34.1 Å². The van der Waals surface area contributed by atoms with Gasteiger partial charge in [0.25, 0.3) is 0 Å². The van der Waals surface area contributed by atoms with E-state index in [0.717, 1.165) is 0 Å². The molecule has 0 spiro atoms. The van der Waals surface area contributed by atoms with Gasteiger partial charge in [0.15, 0.2) is 23.9 Å². The highest BCUT2D eigenvalue weighted by atomic mass is 16.7. The number of fused-ring (bicyclic) bond motifs is 1. The minimum Gasteiger partial charge on any atom is -0.482 e. The van der Waals surface area contributed by atoms with Gasteiger partial charge >= 0.3 is 5.97 Å². The van der Waals surface area contributed by atoms with E-state index in [9.17, 15) is 9.59 Å². The van der Waals surface area contributed by atoms with Gasteiger partial charge in [-0.15, -0.1) is 0 Å². The molecule has 3 aromatic carbocycles. The van der Waals surface area contributed by atoms with Crippen molar-refractivity contribution in [1.82, 2.24) is 0 Å². The van der Waals surface area contributed by atoms with Crippen LogP contribution in [0.1, 0.15) is 15.9 Å². The van der Waals surface area contributed by atoms with E-state index in [4.69, 9.17) is 18.9 Å². The fourth-order valence-corrected chi connectivity index (χ4v) is 2.70. The highest BCUT2D eigenvalue weighted by Crippen LogP contribution is 2.35. The molecule has 0 N–H and O–H groups in total. The van der Waals surface area contributed by atoms with Crippen molar-refractivity contribution in [3.05, 3.63) is 83.9 Å². The SMILES string of the molecule is O=C(COc1ccc(C(=O)c2ccccc2)cc1)Oc1ccc2c(c1)OCO2. The Morgan fingerprint density at radius 2 is 1.46 bits per heavy atom. The van der Waals surface area contributed by atoms with Crippen LogP contribution in [0.25, 0.3) is 0 Å². The number of esters is 1. The molecule has 1 aliphatic heterocycles. The predicted molar refractivity (Wildman–Crippen MR) is 100 cm³/mol. The molecule has 140 valence electrons. The Morgan fingerprint density at radius 1 is 0.786 bits per heavy atom. The maximum atomic E-state index is 12.4. The van der Waals surface area contributed by atoms with E-state index >= 15 is 0 Å². The van der Waals surface area contributed by atoms with Crippen LogP contribution in [0.3, 0.4) is 0 Å². The molecule has 0 amide bonds. The number of hydrogen-bond acceptors (Lipinski definition) is 6. The predicted octanol–water partition coefficient (Wildman–Crippen LogP) is 3.63. The van der Waals surface area contributed by atoms with Gasteiger partial charge in [-0.3, -0.25) is 4.79 Å². The van der Waals surface area contributed by atoms with Crippen molar-refractivity contribution in [2.75, 3.05) is 13.4 Å². The summed E-state index contributed by atoms with van der Waals surface area (Å²) >= 11 is 0. The molecule has 3 aromatic rings. The van der Waals surface area contributed by atoms with E-state index in [-0.39, 0.29) is 19.2 Å². The van der Waals surface area contributed by atoms with E-state index in [1.165, 1.54) is 0 Å². The Balaban J connectivity index is 1.32. The average molecular weight is 376 g/mol. The van der Waals surface area contributed by atoms with Gasteiger partial charge in [0.2, 0.25) is 6.79 Å². The monoisotopic (exact) mass is 376 g/mol. The average Bonchev–Trinajstić information content (AvgIpc) is 3.21. The zero-order chi connectivity index (χ0) is 19.3. The third-order valence-corrected chi connectivity index (χ3v) is 4.08. The first-order valence-corrected chi connectivity index (χ1v) is 8.62. The summed E-state index contributed by atoms with van der Waals surface area (Å²) in [5.41, 5.74) is 1.16. The molecule has 6 heteroatoms. The van der Waals surface area contributed by atoms with Crippen molar-refractivity contribution < 1.29 is 28.5 Å². The molecule has 4 rings (SSSR count). The van der Waals surface area contributed by atoms with Crippen molar-refractivity contribution in [3.8, 4) is 23.0 Å². The number of hydrogen-bond donors (Lipinski definition) is 0. The first-order valence-electron chi connectivity index (χ1n) is 8.62. The Labute approximate surface area is 161 Å². The highest BCUT2D eigenvalue weighted by molar-refractivity contribution is 6.08. The van der Waals surface area contributed by atoms with Gasteiger partial charge < -0.3 is 18.9 Å². The standard InChI is InChI=1S/C22H16O6/c23-21(28-18-10-11-19-20(12-18)27-14-26-19)13-25-17-8-6-16(7-9-17)22(24)15-4-2-1-3-5-15/h1-12H,13-14H2. The Bertz CT molecular complexity index is 995. The van der Waals surface area contributed by atoms with Crippen LogP contribution in [0, 0.1) is 0 Å². The van der Waals surface area contributed by atoms with Crippen LogP contribution in [-0.4, -0.2) is 25.2 Å². The summed E-state index contributed by atoms with van der Waals surface area (Å²) in [7, 11) is 0. The second kappa shape index (κ2) is 7.84. The lowest BCUT2D eigenvalue weighted by Gasteiger charge is -2.08. The molecular weight excluding hydrogens is 360 g/mol. The molecule has 6 nitrogen and oxygen atoms in total. The molecule has 0 atom stereocenters. The van der Waals surface area contributed by atoms with Gasteiger partial charge in [-0.1, -0.05) is 30.3 Å². The lowest BCUT2D eigenvalue weighted by molar-refractivity contribution is -0.136. The number of benzene rings is 3. The van der Waals surface area contributed by atoms with Crippen LogP contribution in [-0.2, 0) is 4.79 Å². The van der Waals surface area contributed by atoms with Gasteiger partial charge in [-0.2, -0.15) is 0 Å². The molecule has 0 unspecified atom stereocenters. The number of ketones is 1. The van der Waals surface area contributed by atoms with Crippen molar-refractivity contribution in [2.45, 2.75) is 0 Å². The fraction of sp³-hybridized carbons (Fsp3) is 0.0909. The number of carbonyl (C=O) groups excluding carboxylic acids is 2. The molecule has 0 radical (unpaired) electrons. The van der Waals surface area contributed by atoms with Crippen molar-refractivity contribution in [2.24, 2.45) is 0 Å². The molecule has 0 saturated carbocycles. The second-order valence-electron chi connectivity index (χ2n) is 6.00. The Hall–Kier alpha value is -3.80. The lowest BCUT2D eigenvalue weighted by Crippen LogP contribution is -2.17. The Morgan fingerprint density at radius 3 is 2.25 bits per heavy atom. The minimum atomic E-state index is -0.552. The quantitative estimate of drug-likeness (QED) is 0.372. The van der Waals surface area contributed by atoms with Crippen molar-refractivity contribution in [3.63, 3.8) is 0 Å². The topological polar surface area (TPSA) is 71.1 Å². The zero-order valence-electron chi connectivity index (χ0n) is 14.8. The smallest absolute Gasteiger partial charge is 0.349 e. The molecule has 0 bridgehead atoms. The highest BCUT2D eigenvalue weighted by Gasteiger charge is 2.15. The van der Waals surface area contributed by atoms with Gasteiger partial charge in [-0.25, -0.2) is 4.79 Å². The molecular formula is C22H16O6. The lowest BCUT2D eigenvalue weighted by atomic mass is 10.0. The molecule has 0 aromatic heterocycles. The summed E-state index contributed by atoms with van der Waals surface area (Å²) < 4.78 is 21.1. The van der Waals surface area contributed by atoms with E-state index in [2.05, 4.69) is 0 Å². The summed E-state index contributed by atoms with van der Waals surface area (Å²) in [6.45, 7) is -0.112. The van der Waals surface area contributed by atoms with Crippen molar-refractivity contribution >= 4 is 11.8 Å². The summed E-state index contributed by atoms with van der Waals surface area (Å²) in [6, 6.07) is 20.5. The first-order chi connectivity index (χ1) is 13.7. The van der Waals surface area contributed by atoms with Gasteiger partial charge in [0.05, 0.1) is 0 Å². The van der Waals surface area contributed by atoms with Crippen LogP contribution < -0.4 is 18.9 Å². The second-order valence-corrected chi connectivity index (χ2v) is 6.00. The van der Waals surface area contributed by atoms with E-state index < -0.39 is 5.97 Å². The Kier molecular flexibility index (Phi) is 4.93. The van der Waals surface area contributed by atoms with Gasteiger partial charge in [-0.05, 0) is 36.4 Å². The van der Waals surface area contributed by atoms with Crippen LogP contribution in [0.15, 0.2) is 72.8 Å². The van der Waals surface area contributed by atoms with Gasteiger partial charge in [0.1, 0.15) is 11.5 Å². The maximum Gasteiger partial charge on any atom is 0.349 e. The summed E-state index contributed by atoms with van der Waals surface area (Å²) in [6.07, 6.45) is 0. The van der Waals surface area contributed by atoms with Crippen molar-refractivity contribution in [1.29, 1.82) is 0 Å². The molecule has 0 fully saturated rings. The summed E-state index contributed by atoms with van der Waals surface area (Å²) in [5, 5.41) is 0. The normalized spacial score (nSPS) is 11.7. The summed E-state index contributed by atoms with van der Waals surface area (Å²) in [5.74, 6) is 1.33. The van der Waals surface area contributed by atoms with Crippen LogP contribution in [0.5, 0.6) is 23.0 Å². The first kappa shape index (κ1) is 17.6. The van der Waals surface area contributed by atoms with Gasteiger partial charge in [0, 0.05) is 17.2 Å². The summed E-state index contributed by atoms with van der Waals surface area (Å²) in [4.78, 5) is 24.3. The number of rotatable bonds is 6. The maximum absolute atomic E-state index is 12.4. The molecule has 1 heterocycles. The molecule has 1 aliphatic rings. The molecule has 0 saturated heterocycles. The number of carbonyl (C=O) groups is 2. The van der Waals surface area contributed by atoms with Crippen LogP contribution in [0.4, 0.5) is 0 Å². The zero-order valence-corrected chi connectivity index (χ0v) is 14.8. The van der Waals surface area contributed by atoms with E-state index in [1.54, 1.807) is 54.6 Å². The third kappa shape index (κ3) is 3.96. The van der Waals surface area contributed by atoms with Crippen LogP contribution in [0.2, 0.25) is 0 Å². The minimum absolute atomic E-state index is 0.0747. The largest absolute Gasteiger partial charge is 0.482 e. The van der Waals surface area contributed by atoms with E-state index in [1.807, 2.05) is 18.2 Å². The van der Waals surface area contributed by atoms with Crippen LogP contribution >= 0.6 is 0 Å². The third-order valence-electron chi connectivity index (χ3n) is 4.08.